The predicted molar refractivity (Wildman–Crippen MR) is 132 cm³/mol. The second-order valence-corrected chi connectivity index (χ2v) is 7.80. The zero-order valence-corrected chi connectivity index (χ0v) is 18.1. The van der Waals surface area contributed by atoms with Crippen molar-refractivity contribution in [2.45, 2.75) is 6.54 Å². The number of nitrogens with zero attached hydrogens (tertiary/aromatic N) is 3. The van der Waals surface area contributed by atoms with Crippen LogP contribution in [0.5, 0.6) is 0 Å². The Morgan fingerprint density at radius 1 is 0.875 bits per heavy atom. The van der Waals surface area contributed by atoms with Crippen LogP contribution < -0.4 is 0 Å². The molecule has 2 heterocycles. The topological polar surface area (TPSA) is 58.2 Å². The minimum absolute atomic E-state index is 0.127. The summed E-state index contributed by atoms with van der Waals surface area (Å²) in [5.74, 6) is 0.554. The minimum Gasteiger partial charge on any atom is -0.467 e. The number of rotatable bonds is 7. The van der Waals surface area contributed by atoms with Gasteiger partial charge in [0.05, 0.1) is 17.7 Å². The van der Waals surface area contributed by atoms with E-state index in [1.165, 1.54) is 11.8 Å². The summed E-state index contributed by atoms with van der Waals surface area (Å²) >= 11 is 1.30. The standard InChI is InChI=1S/C26H21N3O2S/c30-25-24(17-7-14-21-10-3-1-4-11-21)32-26(29(25)20-23-16-9-19-31-23)28-27-18-8-15-22-12-5-2-6-13-22/h1-19H,20H2/b14-7+,15-8+,24-17-,27-18-,28-26+. The maximum atomic E-state index is 13.0. The highest BCUT2D eigenvalue weighted by Crippen LogP contribution is 2.32. The lowest BCUT2D eigenvalue weighted by Crippen LogP contribution is -2.28. The zero-order chi connectivity index (χ0) is 22.0. The van der Waals surface area contributed by atoms with Crippen molar-refractivity contribution in [2.24, 2.45) is 10.2 Å². The van der Waals surface area contributed by atoms with Gasteiger partial charge in [0.25, 0.3) is 5.91 Å². The van der Waals surface area contributed by atoms with Crippen molar-refractivity contribution in [1.82, 2.24) is 4.90 Å². The first-order valence-corrected chi connectivity index (χ1v) is 10.9. The zero-order valence-electron chi connectivity index (χ0n) is 17.2. The first kappa shape index (κ1) is 21.3. The Labute approximate surface area is 191 Å². The van der Waals surface area contributed by atoms with E-state index in [0.717, 1.165) is 11.1 Å². The molecule has 32 heavy (non-hydrogen) atoms. The van der Waals surface area contributed by atoms with Crippen LogP contribution in [0, 0.1) is 0 Å². The molecule has 0 unspecified atom stereocenters. The molecule has 158 valence electrons. The smallest absolute Gasteiger partial charge is 0.267 e. The third-order valence-corrected chi connectivity index (χ3v) is 5.52. The van der Waals surface area contributed by atoms with Crippen LogP contribution >= 0.6 is 11.8 Å². The van der Waals surface area contributed by atoms with E-state index in [1.54, 1.807) is 29.5 Å². The largest absolute Gasteiger partial charge is 0.467 e. The van der Waals surface area contributed by atoms with Crippen molar-refractivity contribution in [3.63, 3.8) is 0 Å². The first-order chi connectivity index (χ1) is 15.8. The monoisotopic (exact) mass is 439 g/mol. The Bertz CT molecular complexity index is 1180. The van der Waals surface area contributed by atoms with E-state index in [4.69, 9.17) is 4.42 Å². The molecule has 3 aromatic rings. The van der Waals surface area contributed by atoms with Crippen LogP contribution in [0.15, 0.2) is 117 Å². The molecule has 6 heteroatoms. The van der Waals surface area contributed by atoms with Crippen molar-refractivity contribution in [3.05, 3.63) is 119 Å². The van der Waals surface area contributed by atoms with Crippen molar-refractivity contribution < 1.29 is 9.21 Å². The number of thioether (sulfide) groups is 1. The molecule has 1 saturated heterocycles. The summed E-state index contributed by atoms with van der Waals surface area (Å²) in [6.45, 7) is 0.298. The van der Waals surface area contributed by atoms with Gasteiger partial charge in [-0.2, -0.15) is 5.10 Å². The van der Waals surface area contributed by atoms with Gasteiger partial charge in [0.15, 0.2) is 5.17 Å². The fraction of sp³-hybridized carbons (Fsp3) is 0.0385. The number of amidine groups is 1. The summed E-state index contributed by atoms with van der Waals surface area (Å²) in [7, 11) is 0. The number of hydrogen-bond acceptors (Lipinski definition) is 5. The lowest BCUT2D eigenvalue weighted by molar-refractivity contribution is -0.122. The van der Waals surface area contributed by atoms with Gasteiger partial charge in [0.1, 0.15) is 5.76 Å². The second kappa shape index (κ2) is 10.9. The van der Waals surface area contributed by atoms with Gasteiger partial charge >= 0.3 is 0 Å². The van der Waals surface area contributed by atoms with Gasteiger partial charge in [-0.05, 0) is 47.2 Å². The van der Waals surface area contributed by atoms with Crippen molar-refractivity contribution >= 4 is 41.2 Å². The molecule has 4 rings (SSSR count). The minimum atomic E-state index is -0.127. The Hall–Kier alpha value is -3.90. The fourth-order valence-corrected chi connectivity index (χ4v) is 3.83. The molecule has 1 amide bonds. The van der Waals surface area contributed by atoms with Gasteiger partial charge in [-0.1, -0.05) is 78.9 Å². The molecule has 2 aromatic carbocycles. The van der Waals surface area contributed by atoms with E-state index < -0.39 is 0 Å². The molecule has 0 N–H and O–H groups in total. The number of carbonyl (C=O) groups excluding carboxylic acids is 1. The maximum absolute atomic E-state index is 13.0. The highest BCUT2D eigenvalue weighted by atomic mass is 32.2. The van der Waals surface area contributed by atoms with E-state index in [-0.39, 0.29) is 5.91 Å². The van der Waals surface area contributed by atoms with Gasteiger partial charge in [0, 0.05) is 6.21 Å². The summed E-state index contributed by atoms with van der Waals surface area (Å²) in [5.41, 5.74) is 2.14. The molecule has 1 aromatic heterocycles. The molecule has 0 spiro atoms. The quantitative estimate of drug-likeness (QED) is 0.257. The number of furan rings is 1. The van der Waals surface area contributed by atoms with Gasteiger partial charge in [0.2, 0.25) is 0 Å². The Morgan fingerprint density at radius 3 is 2.22 bits per heavy atom. The van der Waals surface area contributed by atoms with Gasteiger partial charge in [-0.3, -0.25) is 9.69 Å². The van der Waals surface area contributed by atoms with Crippen LogP contribution in [0.4, 0.5) is 0 Å². The van der Waals surface area contributed by atoms with Crippen molar-refractivity contribution in [1.29, 1.82) is 0 Å². The number of amides is 1. The summed E-state index contributed by atoms with van der Waals surface area (Å²) in [6, 6.07) is 23.5. The van der Waals surface area contributed by atoms with Crippen LogP contribution in [0.3, 0.4) is 0 Å². The fourth-order valence-electron chi connectivity index (χ4n) is 2.94. The number of carbonyl (C=O) groups is 1. The van der Waals surface area contributed by atoms with E-state index in [0.29, 0.717) is 22.4 Å². The lowest BCUT2D eigenvalue weighted by atomic mass is 10.2. The van der Waals surface area contributed by atoms with Gasteiger partial charge < -0.3 is 4.42 Å². The van der Waals surface area contributed by atoms with Crippen LogP contribution in [-0.4, -0.2) is 22.2 Å². The number of benzene rings is 2. The maximum Gasteiger partial charge on any atom is 0.267 e. The van der Waals surface area contributed by atoms with Crippen molar-refractivity contribution in [2.75, 3.05) is 0 Å². The molecule has 0 saturated carbocycles. The average molecular weight is 440 g/mol. The van der Waals surface area contributed by atoms with Crippen LogP contribution in [0.1, 0.15) is 16.9 Å². The highest BCUT2D eigenvalue weighted by molar-refractivity contribution is 8.18. The van der Waals surface area contributed by atoms with E-state index in [1.807, 2.05) is 91.0 Å². The molecule has 0 bridgehead atoms. The third-order valence-electron chi connectivity index (χ3n) is 4.50. The number of allylic oxidation sites excluding steroid dienone is 3. The summed E-state index contributed by atoms with van der Waals surface area (Å²) in [6.07, 6.45) is 12.6. The first-order valence-electron chi connectivity index (χ1n) is 10.1. The molecule has 1 aliphatic heterocycles. The second-order valence-electron chi connectivity index (χ2n) is 6.79. The summed E-state index contributed by atoms with van der Waals surface area (Å²) < 4.78 is 5.42. The molecule has 0 radical (unpaired) electrons. The Morgan fingerprint density at radius 2 is 1.56 bits per heavy atom. The SMILES string of the molecule is O=C1/C(=C/C=C/c2ccccc2)S/C(=N/N=C\C=C\c2ccccc2)N1Cc1ccco1. The van der Waals surface area contributed by atoms with Gasteiger partial charge in [-0.15, -0.1) is 5.10 Å². The van der Waals surface area contributed by atoms with E-state index in [9.17, 15) is 4.79 Å². The molecule has 1 fully saturated rings. The lowest BCUT2D eigenvalue weighted by Gasteiger charge is -2.12. The third kappa shape index (κ3) is 5.83. The Kier molecular flexibility index (Phi) is 7.29. The summed E-state index contributed by atoms with van der Waals surface area (Å²) in [4.78, 5) is 15.1. The van der Waals surface area contributed by atoms with Crippen LogP contribution in [0.25, 0.3) is 12.2 Å². The molecular formula is C26H21N3O2S. The highest BCUT2D eigenvalue weighted by Gasteiger charge is 2.33. The summed E-state index contributed by atoms with van der Waals surface area (Å²) in [5, 5.41) is 8.92. The molecular weight excluding hydrogens is 418 g/mol. The van der Waals surface area contributed by atoms with E-state index in [2.05, 4.69) is 10.2 Å². The van der Waals surface area contributed by atoms with Crippen molar-refractivity contribution in [3.8, 4) is 0 Å². The number of hydrogen-bond donors (Lipinski definition) is 0. The molecule has 5 nitrogen and oxygen atoms in total. The van der Waals surface area contributed by atoms with Crippen LogP contribution in [-0.2, 0) is 11.3 Å². The molecule has 0 aliphatic carbocycles. The predicted octanol–water partition coefficient (Wildman–Crippen LogP) is 6.01. The molecule has 1 aliphatic rings. The average Bonchev–Trinajstić information content (AvgIpc) is 3.44. The van der Waals surface area contributed by atoms with Gasteiger partial charge in [-0.25, -0.2) is 0 Å². The van der Waals surface area contributed by atoms with Crippen LogP contribution in [0.2, 0.25) is 0 Å². The normalized spacial score (nSPS) is 17.1. The van der Waals surface area contributed by atoms with E-state index >= 15 is 0 Å². The Balaban J connectivity index is 1.50. The molecule has 0 atom stereocenters.